The van der Waals surface area contributed by atoms with Gasteiger partial charge in [0.15, 0.2) is 5.69 Å². The van der Waals surface area contributed by atoms with Crippen molar-refractivity contribution in [1.29, 1.82) is 0 Å². The van der Waals surface area contributed by atoms with Gasteiger partial charge >= 0.3 is 11.9 Å². The smallest absolute Gasteiger partial charge is 0.362 e. The number of benzene rings is 2. The Morgan fingerprint density at radius 2 is 1.70 bits per heavy atom. The van der Waals surface area contributed by atoms with Gasteiger partial charge in [-0.1, -0.05) is 31.9 Å². The number of hydrogen-bond acceptors (Lipinski definition) is 9. The largest absolute Gasteiger partial charge is 0.502 e. The van der Waals surface area contributed by atoms with Crippen LogP contribution in [0.1, 0.15) is 16.9 Å². The Morgan fingerprint density at radius 1 is 0.970 bits per heavy atom. The molecule has 2 aromatic carbocycles. The highest BCUT2D eigenvalue weighted by Crippen LogP contribution is 2.19. The molecule has 11 heteroatoms. The van der Waals surface area contributed by atoms with E-state index in [-0.39, 0.29) is 31.0 Å². The number of carbonyl (C=O) groups excluding carboxylic acids is 2. The predicted octanol–water partition coefficient (Wildman–Crippen LogP) is 5.52. The normalized spacial score (nSPS) is 11.5. The topological polar surface area (TPSA) is 112 Å². The summed E-state index contributed by atoms with van der Waals surface area (Å²) in [5.41, 5.74) is 1.22. The molecule has 9 nitrogen and oxygen atoms in total. The van der Waals surface area contributed by atoms with Crippen molar-refractivity contribution in [2.75, 3.05) is 20.3 Å². The number of hydrogen-bond donors (Lipinski definition) is 0. The van der Waals surface area contributed by atoms with Crippen LogP contribution < -0.4 is 0 Å². The molecule has 1 aromatic heterocycles. The van der Waals surface area contributed by atoms with E-state index in [4.69, 9.17) is 14.2 Å². The molecule has 0 spiro atoms. The third-order valence-electron chi connectivity index (χ3n) is 4.05. The van der Waals surface area contributed by atoms with Crippen LogP contribution in [0.2, 0.25) is 0 Å². The van der Waals surface area contributed by atoms with Gasteiger partial charge in [0.25, 0.3) is 0 Å². The van der Waals surface area contributed by atoms with Crippen molar-refractivity contribution in [3.8, 4) is 0 Å². The first-order chi connectivity index (χ1) is 16.0. The van der Waals surface area contributed by atoms with Gasteiger partial charge in [0.2, 0.25) is 5.70 Å². The summed E-state index contributed by atoms with van der Waals surface area (Å²) in [7, 11) is 1.39. The van der Waals surface area contributed by atoms with Crippen LogP contribution in [0.15, 0.2) is 79.7 Å². The maximum atomic E-state index is 12.2. The van der Waals surface area contributed by atoms with E-state index in [0.717, 1.165) is 20.6 Å². The lowest BCUT2D eigenvalue weighted by molar-refractivity contribution is -0.139. The Bertz CT molecular complexity index is 1200. The minimum atomic E-state index is -0.713. The van der Waals surface area contributed by atoms with Crippen molar-refractivity contribution in [3.63, 3.8) is 0 Å². The summed E-state index contributed by atoms with van der Waals surface area (Å²) in [6.07, 6.45) is 1.43. The molecule has 0 bridgehead atoms. The number of methoxy groups -OCH3 is 1. The summed E-state index contributed by atoms with van der Waals surface area (Å²) in [6.45, 7) is 0.0470. The Balaban J connectivity index is 1.46. The number of rotatable bonds is 9. The highest BCUT2D eigenvalue weighted by Gasteiger charge is 2.13. The van der Waals surface area contributed by atoms with Crippen molar-refractivity contribution >= 4 is 60.4 Å². The molecular weight excluding hydrogens is 560 g/mol. The van der Waals surface area contributed by atoms with E-state index < -0.39 is 11.9 Å². The SMILES string of the molecule is CO/C=C(/N=Nc1ccc(Br)cc1)C(=O)OCCCOC(=O)c1cc2cc(Br)ccc2nn1. The van der Waals surface area contributed by atoms with Gasteiger partial charge in [-0.15, -0.1) is 15.3 Å². The van der Waals surface area contributed by atoms with Crippen LogP contribution in [0, 0.1) is 0 Å². The second-order valence-electron chi connectivity index (χ2n) is 6.47. The minimum Gasteiger partial charge on any atom is -0.502 e. The Hall–Kier alpha value is -3.18. The van der Waals surface area contributed by atoms with Gasteiger partial charge in [0, 0.05) is 20.8 Å². The van der Waals surface area contributed by atoms with Crippen LogP contribution in [0.25, 0.3) is 10.9 Å². The highest BCUT2D eigenvalue weighted by atomic mass is 79.9. The maximum Gasteiger partial charge on any atom is 0.362 e. The minimum absolute atomic E-state index is 0.0112. The summed E-state index contributed by atoms with van der Waals surface area (Å²) >= 11 is 6.71. The molecule has 0 fully saturated rings. The molecule has 0 unspecified atom stereocenters. The molecule has 0 aliphatic rings. The van der Waals surface area contributed by atoms with Gasteiger partial charge in [-0.3, -0.25) is 0 Å². The van der Waals surface area contributed by atoms with E-state index in [0.29, 0.717) is 11.2 Å². The van der Waals surface area contributed by atoms with Crippen LogP contribution in [-0.4, -0.2) is 42.5 Å². The zero-order valence-corrected chi connectivity index (χ0v) is 20.6. The lowest BCUT2D eigenvalue weighted by Gasteiger charge is -2.06. The second kappa shape index (κ2) is 12.2. The third kappa shape index (κ3) is 7.43. The number of ether oxygens (including phenoxy) is 3. The van der Waals surface area contributed by atoms with Crippen LogP contribution in [-0.2, 0) is 19.0 Å². The van der Waals surface area contributed by atoms with Gasteiger partial charge < -0.3 is 14.2 Å². The van der Waals surface area contributed by atoms with Gasteiger partial charge in [-0.2, -0.15) is 5.11 Å². The summed E-state index contributed by atoms with van der Waals surface area (Å²) < 4.78 is 17.0. The van der Waals surface area contributed by atoms with E-state index >= 15 is 0 Å². The molecule has 0 saturated heterocycles. The lowest BCUT2D eigenvalue weighted by Crippen LogP contribution is -2.13. The standard InChI is InChI=1S/C22H18Br2N4O5/c1-31-13-20(28-25-17-6-3-15(23)4-7-17)22(30)33-10-2-9-32-21(29)19-12-14-11-16(24)5-8-18(14)26-27-19/h3-8,11-13H,2,9-10H2,1H3/b20-13+,28-25?. The molecule has 3 aromatic rings. The molecule has 0 radical (unpaired) electrons. The fraction of sp³-hybridized carbons (Fsp3) is 0.182. The van der Waals surface area contributed by atoms with Crippen LogP contribution in [0.3, 0.4) is 0 Å². The molecule has 0 aliphatic carbocycles. The number of nitrogens with zero attached hydrogens (tertiary/aromatic N) is 4. The monoisotopic (exact) mass is 576 g/mol. The van der Waals surface area contributed by atoms with Gasteiger partial charge in [0.05, 0.1) is 31.5 Å². The first kappa shape index (κ1) is 24.5. The maximum absolute atomic E-state index is 12.2. The number of azo groups is 1. The molecule has 0 atom stereocenters. The molecule has 0 saturated carbocycles. The molecule has 0 aliphatic heterocycles. The predicted molar refractivity (Wildman–Crippen MR) is 127 cm³/mol. The Kier molecular flexibility index (Phi) is 9.02. The summed E-state index contributed by atoms with van der Waals surface area (Å²) in [5.74, 6) is -1.33. The number of halogens is 2. The zero-order valence-electron chi connectivity index (χ0n) is 17.4. The first-order valence-corrected chi connectivity index (χ1v) is 11.2. The summed E-state index contributed by atoms with van der Waals surface area (Å²) in [6, 6.07) is 14.1. The lowest BCUT2D eigenvalue weighted by atomic mass is 10.2. The molecule has 1 heterocycles. The van der Waals surface area contributed by atoms with Crippen molar-refractivity contribution in [2.24, 2.45) is 10.2 Å². The number of esters is 2. The number of carbonyl (C=O) groups is 2. The van der Waals surface area contributed by atoms with Crippen molar-refractivity contribution in [2.45, 2.75) is 6.42 Å². The summed E-state index contributed by atoms with van der Waals surface area (Å²) in [5, 5.41) is 16.5. The van der Waals surface area contributed by atoms with Crippen molar-refractivity contribution in [3.05, 3.63) is 75.1 Å². The molecule has 0 amide bonds. The number of aromatic nitrogens is 2. The Labute approximate surface area is 206 Å². The van der Waals surface area contributed by atoms with Gasteiger partial charge in [-0.05, 0) is 48.5 Å². The average Bonchev–Trinajstić information content (AvgIpc) is 2.81. The molecule has 3 rings (SSSR count). The van der Waals surface area contributed by atoms with Crippen LogP contribution in [0.5, 0.6) is 0 Å². The van der Waals surface area contributed by atoms with E-state index in [1.165, 1.54) is 7.11 Å². The molecule has 33 heavy (non-hydrogen) atoms. The van der Waals surface area contributed by atoms with Crippen molar-refractivity contribution < 1.29 is 23.8 Å². The number of fused-ring (bicyclic) bond motifs is 1. The van der Waals surface area contributed by atoms with E-state index in [9.17, 15) is 9.59 Å². The van der Waals surface area contributed by atoms with E-state index in [1.807, 2.05) is 12.1 Å². The fourth-order valence-electron chi connectivity index (χ4n) is 2.50. The second-order valence-corrected chi connectivity index (χ2v) is 8.30. The molecule has 170 valence electrons. The van der Waals surface area contributed by atoms with Crippen molar-refractivity contribution in [1.82, 2.24) is 10.2 Å². The molecule has 0 N–H and O–H groups in total. The first-order valence-electron chi connectivity index (χ1n) is 9.64. The van der Waals surface area contributed by atoms with Gasteiger partial charge in [-0.25, -0.2) is 9.59 Å². The Morgan fingerprint density at radius 3 is 2.45 bits per heavy atom. The average molecular weight is 578 g/mol. The van der Waals surface area contributed by atoms with E-state index in [1.54, 1.807) is 36.4 Å². The fourth-order valence-corrected chi connectivity index (χ4v) is 3.14. The molecular formula is C22H18Br2N4O5. The highest BCUT2D eigenvalue weighted by molar-refractivity contribution is 9.10. The third-order valence-corrected chi connectivity index (χ3v) is 5.07. The van der Waals surface area contributed by atoms with E-state index in [2.05, 4.69) is 52.3 Å². The zero-order chi connectivity index (χ0) is 23.6. The summed E-state index contributed by atoms with van der Waals surface area (Å²) in [4.78, 5) is 24.4. The van der Waals surface area contributed by atoms with Crippen LogP contribution in [0.4, 0.5) is 5.69 Å². The van der Waals surface area contributed by atoms with Gasteiger partial charge in [0.1, 0.15) is 6.26 Å². The quantitative estimate of drug-likeness (QED) is 0.108. The van der Waals surface area contributed by atoms with Crippen LogP contribution >= 0.6 is 31.9 Å².